The van der Waals surface area contributed by atoms with Gasteiger partial charge in [-0.1, -0.05) is 0 Å². The zero-order chi connectivity index (χ0) is 23.0. The molecule has 0 unspecified atom stereocenters. The smallest absolute Gasteiger partial charge is 0.276 e. The Bertz CT molecular complexity index is 1160. The van der Waals surface area contributed by atoms with Crippen LogP contribution in [0, 0.1) is 17.1 Å². The average molecular weight is 450 g/mol. The van der Waals surface area contributed by atoms with Crippen LogP contribution in [0.3, 0.4) is 0 Å². The molecule has 31 heavy (non-hydrogen) atoms. The van der Waals surface area contributed by atoms with Gasteiger partial charge in [0.1, 0.15) is 23.4 Å². The fourth-order valence-electron chi connectivity index (χ4n) is 3.22. The lowest BCUT2D eigenvalue weighted by Crippen LogP contribution is -2.38. The first-order valence-corrected chi connectivity index (χ1v) is 11.0. The van der Waals surface area contributed by atoms with E-state index >= 15 is 0 Å². The third-order valence-corrected chi connectivity index (χ3v) is 6.32. The predicted octanol–water partition coefficient (Wildman–Crippen LogP) is 1.88. The maximum atomic E-state index is 13.5. The lowest BCUT2D eigenvalue weighted by Gasteiger charge is -2.21. The monoisotopic (exact) mass is 450 g/mol. The third-order valence-electron chi connectivity index (χ3n) is 4.81. The maximum Gasteiger partial charge on any atom is 0.276 e. The van der Waals surface area contributed by atoms with Crippen molar-refractivity contribution < 1.29 is 27.4 Å². The highest BCUT2D eigenvalue weighted by molar-refractivity contribution is 7.89. The summed E-state index contributed by atoms with van der Waals surface area (Å²) in [7, 11) is -2.47. The molecule has 3 N–H and O–H groups in total. The van der Waals surface area contributed by atoms with Crippen LogP contribution in [-0.2, 0) is 17.1 Å². The molecule has 0 radical (unpaired) electrons. The Labute approximate surface area is 179 Å². The van der Waals surface area contributed by atoms with Crippen molar-refractivity contribution in [2.45, 2.75) is 43.2 Å². The molecule has 0 bridgehead atoms. The second-order valence-corrected chi connectivity index (χ2v) is 9.71. The highest BCUT2D eigenvalue weighted by atomic mass is 32.2. The summed E-state index contributed by atoms with van der Waals surface area (Å²) in [5.41, 5.74) is -1.06. The Morgan fingerprint density at radius 1 is 1.48 bits per heavy atom. The van der Waals surface area contributed by atoms with Crippen LogP contribution in [0.4, 0.5) is 10.1 Å². The van der Waals surface area contributed by atoms with Crippen LogP contribution in [0.5, 0.6) is 5.75 Å². The zero-order valence-corrected chi connectivity index (χ0v) is 18.1. The number of carbonyl (C=O) groups excluding carboxylic acids is 1. The van der Waals surface area contributed by atoms with Gasteiger partial charge in [0, 0.05) is 18.9 Å². The van der Waals surface area contributed by atoms with Crippen LogP contribution >= 0.6 is 0 Å². The maximum absolute atomic E-state index is 13.5. The molecule has 0 saturated carbocycles. The van der Waals surface area contributed by atoms with Gasteiger partial charge in [0.2, 0.25) is 10.0 Å². The molecule has 3 rings (SSSR count). The molecule has 9 nitrogen and oxygen atoms in total. The van der Waals surface area contributed by atoms with E-state index in [4.69, 9.17) is 10.00 Å². The molecule has 0 saturated heterocycles. The minimum atomic E-state index is -3.97. The van der Waals surface area contributed by atoms with E-state index < -0.39 is 33.4 Å². The summed E-state index contributed by atoms with van der Waals surface area (Å²) in [6.45, 7) is 3.23. The lowest BCUT2D eigenvalue weighted by molar-refractivity contribution is 0.0643. The van der Waals surface area contributed by atoms with Crippen molar-refractivity contribution in [3.63, 3.8) is 0 Å². The summed E-state index contributed by atoms with van der Waals surface area (Å²) in [4.78, 5) is 12.7. The summed E-state index contributed by atoms with van der Waals surface area (Å²) >= 11 is 0. The highest BCUT2D eigenvalue weighted by Crippen LogP contribution is 2.33. The van der Waals surface area contributed by atoms with Crippen LogP contribution in [0.15, 0.2) is 29.3 Å². The van der Waals surface area contributed by atoms with Crippen LogP contribution in [0.25, 0.3) is 0 Å². The number of aliphatic hydroxyl groups is 1. The molecule has 2 heterocycles. The molecule has 1 aliphatic heterocycles. The minimum Gasteiger partial charge on any atom is -0.488 e. The average Bonchev–Trinajstić information content (AvgIpc) is 2.96. The quantitative estimate of drug-likeness (QED) is 0.637. The van der Waals surface area contributed by atoms with E-state index in [0.717, 1.165) is 6.07 Å². The van der Waals surface area contributed by atoms with Crippen molar-refractivity contribution in [2.24, 2.45) is 7.05 Å². The molecule has 0 spiro atoms. The number of halogens is 1. The molecule has 0 aliphatic carbocycles. The van der Waals surface area contributed by atoms with Gasteiger partial charge in [-0.2, -0.15) is 5.26 Å². The summed E-state index contributed by atoms with van der Waals surface area (Å²) in [5, 5.41) is 21.4. The van der Waals surface area contributed by atoms with Gasteiger partial charge in [0.15, 0.2) is 11.4 Å². The summed E-state index contributed by atoms with van der Waals surface area (Å²) in [5.74, 6) is -1.49. The Kier molecular flexibility index (Phi) is 6.09. The molecule has 2 aromatic rings. The van der Waals surface area contributed by atoms with Crippen molar-refractivity contribution in [3.8, 4) is 11.8 Å². The molecular weight excluding hydrogens is 427 g/mol. The fourth-order valence-corrected chi connectivity index (χ4v) is 4.67. The van der Waals surface area contributed by atoms with E-state index in [1.807, 2.05) is 0 Å². The number of aromatic nitrogens is 1. The third kappa shape index (κ3) is 5.04. The summed E-state index contributed by atoms with van der Waals surface area (Å²) in [6, 6.07) is 4.63. The van der Waals surface area contributed by atoms with Crippen molar-refractivity contribution >= 4 is 21.6 Å². The number of sulfonamides is 1. The number of aryl methyl sites for hydroxylation is 1. The highest BCUT2D eigenvalue weighted by Gasteiger charge is 2.35. The molecule has 11 heteroatoms. The SMILES string of the molecule is Cn1cc2c(c1C(=O)Nc1ccc(F)c(C#N)c1)OC[C@@H](CCC(C)(C)O)NS2(=O)=O. The van der Waals surface area contributed by atoms with Crippen LogP contribution in [0.1, 0.15) is 42.7 Å². The van der Waals surface area contributed by atoms with Gasteiger partial charge < -0.3 is 19.7 Å². The van der Waals surface area contributed by atoms with E-state index in [0.29, 0.717) is 12.8 Å². The van der Waals surface area contributed by atoms with Gasteiger partial charge >= 0.3 is 0 Å². The van der Waals surface area contributed by atoms with E-state index in [9.17, 15) is 22.7 Å². The second-order valence-electron chi connectivity index (χ2n) is 8.02. The van der Waals surface area contributed by atoms with Crippen LogP contribution in [0.2, 0.25) is 0 Å². The number of carbonyl (C=O) groups is 1. The minimum absolute atomic E-state index is 0.0261. The first-order chi connectivity index (χ1) is 14.4. The van der Waals surface area contributed by atoms with Crippen molar-refractivity contribution in [2.75, 3.05) is 11.9 Å². The number of hydrogen-bond acceptors (Lipinski definition) is 6. The number of fused-ring (bicyclic) bond motifs is 1. The number of ether oxygens (including phenoxy) is 1. The van der Waals surface area contributed by atoms with Crippen LogP contribution < -0.4 is 14.8 Å². The van der Waals surface area contributed by atoms with Crippen molar-refractivity contribution in [1.29, 1.82) is 5.26 Å². The largest absolute Gasteiger partial charge is 0.488 e. The van der Waals surface area contributed by atoms with E-state index in [1.165, 1.54) is 29.9 Å². The number of anilines is 1. The van der Waals surface area contributed by atoms with Crippen molar-refractivity contribution in [1.82, 2.24) is 9.29 Å². The number of nitrogens with zero attached hydrogens (tertiary/aromatic N) is 2. The molecule has 166 valence electrons. The van der Waals surface area contributed by atoms with Gasteiger partial charge in [0.05, 0.1) is 17.2 Å². The van der Waals surface area contributed by atoms with E-state index in [-0.39, 0.29) is 34.2 Å². The van der Waals surface area contributed by atoms with Gasteiger partial charge in [-0.3, -0.25) is 4.79 Å². The number of nitriles is 1. The summed E-state index contributed by atoms with van der Waals surface area (Å²) < 4.78 is 48.8. The van der Waals surface area contributed by atoms with Gasteiger partial charge in [-0.05, 0) is 44.9 Å². The molecule has 1 aromatic heterocycles. The Morgan fingerprint density at radius 3 is 2.84 bits per heavy atom. The number of rotatable bonds is 5. The van der Waals surface area contributed by atoms with E-state index in [2.05, 4.69) is 10.0 Å². The van der Waals surface area contributed by atoms with Gasteiger partial charge in [-0.15, -0.1) is 0 Å². The second kappa shape index (κ2) is 8.30. The standard InChI is InChI=1S/C20H23FN4O5S/c1-20(2,27)7-6-14-11-30-18-16(31(28,29)24-14)10-25(3)17(18)19(26)23-13-4-5-15(21)12(8-13)9-22/h4-5,8,10,14,24,27H,6-7,11H2,1-3H3,(H,23,26)/t14-/m1/s1. The van der Waals surface area contributed by atoms with Crippen LogP contribution in [-0.4, -0.2) is 42.2 Å². The first kappa shape index (κ1) is 22.7. The van der Waals surface area contributed by atoms with Gasteiger partial charge in [0.25, 0.3) is 5.91 Å². The summed E-state index contributed by atoms with van der Waals surface area (Å²) in [6.07, 6.45) is 1.96. The number of benzene rings is 1. The Morgan fingerprint density at radius 2 is 2.19 bits per heavy atom. The number of nitrogens with one attached hydrogen (secondary N) is 2. The number of amides is 1. The zero-order valence-electron chi connectivity index (χ0n) is 17.3. The lowest BCUT2D eigenvalue weighted by atomic mass is 10.00. The Hall–Kier alpha value is -2.94. The van der Waals surface area contributed by atoms with E-state index in [1.54, 1.807) is 19.9 Å². The molecule has 1 atom stereocenters. The number of hydrogen-bond donors (Lipinski definition) is 3. The molecule has 1 aliphatic rings. The normalized spacial score (nSPS) is 17.7. The molecular formula is C20H23FN4O5S. The van der Waals surface area contributed by atoms with Crippen molar-refractivity contribution in [3.05, 3.63) is 41.5 Å². The fraction of sp³-hybridized carbons (Fsp3) is 0.400. The predicted molar refractivity (Wildman–Crippen MR) is 110 cm³/mol. The molecule has 0 fully saturated rings. The molecule has 1 amide bonds. The Balaban J connectivity index is 1.88. The van der Waals surface area contributed by atoms with Gasteiger partial charge in [-0.25, -0.2) is 17.5 Å². The topological polar surface area (TPSA) is 133 Å². The first-order valence-electron chi connectivity index (χ1n) is 9.49. The molecule has 1 aromatic carbocycles.